The maximum Gasteiger partial charge on any atom is 0.251 e. The van der Waals surface area contributed by atoms with E-state index in [2.05, 4.69) is 10.4 Å². The Hall–Kier alpha value is -3.48. The fourth-order valence-electron chi connectivity index (χ4n) is 3.15. The predicted molar refractivity (Wildman–Crippen MR) is 120 cm³/mol. The molecule has 0 atom stereocenters. The average Bonchev–Trinajstić information content (AvgIpc) is 3.25. The molecule has 0 unspecified atom stereocenters. The lowest BCUT2D eigenvalue weighted by Crippen LogP contribution is -2.26. The van der Waals surface area contributed by atoms with Gasteiger partial charge in [0, 0.05) is 24.7 Å². The van der Waals surface area contributed by atoms with Crippen molar-refractivity contribution >= 4 is 5.91 Å². The van der Waals surface area contributed by atoms with Gasteiger partial charge in [0.2, 0.25) is 5.75 Å². The van der Waals surface area contributed by atoms with Gasteiger partial charge in [0.05, 0.1) is 31.2 Å². The van der Waals surface area contributed by atoms with E-state index >= 15 is 0 Å². The quantitative estimate of drug-likeness (QED) is 0.504. The second-order valence-electron chi connectivity index (χ2n) is 6.69. The minimum Gasteiger partial charge on any atom is -0.490 e. The molecule has 0 saturated carbocycles. The molecule has 0 saturated heterocycles. The number of hydrogen-bond donors (Lipinski definition) is 1. The molecule has 0 aliphatic heterocycles. The van der Waals surface area contributed by atoms with Crippen molar-refractivity contribution in [1.29, 1.82) is 0 Å². The number of carbonyl (C=O) groups excluding carboxylic acids is 1. The Morgan fingerprint density at radius 1 is 0.935 bits per heavy atom. The molecule has 0 aliphatic carbocycles. The monoisotopic (exact) mass is 423 g/mol. The van der Waals surface area contributed by atoms with E-state index in [0.717, 1.165) is 11.4 Å². The van der Waals surface area contributed by atoms with E-state index in [0.29, 0.717) is 55.6 Å². The lowest BCUT2D eigenvalue weighted by Gasteiger charge is -2.17. The minimum atomic E-state index is -0.201. The van der Waals surface area contributed by atoms with Gasteiger partial charge in [-0.1, -0.05) is 18.2 Å². The highest BCUT2D eigenvalue weighted by atomic mass is 16.5. The molecule has 1 N–H and O–H groups in total. The fourth-order valence-corrected chi connectivity index (χ4v) is 3.15. The largest absolute Gasteiger partial charge is 0.490 e. The standard InChI is InChI=1S/C24H29N3O4/c1-4-29-21-16-18(17-22(30-5-2)23(21)31-6-3)24(28)25-14-12-19-13-15-27(26-19)20-10-8-7-9-11-20/h7-11,13,15-17H,4-6,12,14H2,1-3H3,(H,25,28). The van der Waals surface area contributed by atoms with Crippen molar-refractivity contribution in [3.8, 4) is 22.9 Å². The van der Waals surface area contributed by atoms with E-state index in [4.69, 9.17) is 14.2 Å². The van der Waals surface area contributed by atoms with Crippen molar-refractivity contribution in [3.63, 3.8) is 0 Å². The van der Waals surface area contributed by atoms with Crippen LogP contribution in [-0.4, -0.2) is 42.1 Å². The molecule has 0 bridgehead atoms. The van der Waals surface area contributed by atoms with E-state index in [9.17, 15) is 4.79 Å². The van der Waals surface area contributed by atoms with Gasteiger partial charge < -0.3 is 19.5 Å². The van der Waals surface area contributed by atoms with Gasteiger partial charge in [-0.15, -0.1) is 0 Å². The normalized spacial score (nSPS) is 10.5. The van der Waals surface area contributed by atoms with E-state index in [1.54, 1.807) is 12.1 Å². The van der Waals surface area contributed by atoms with E-state index in [-0.39, 0.29) is 5.91 Å². The third-order valence-electron chi connectivity index (χ3n) is 4.50. The zero-order chi connectivity index (χ0) is 22.1. The third-order valence-corrected chi connectivity index (χ3v) is 4.50. The zero-order valence-corrected chi connectivity index (χ0v) is 18.3. The maximum absolute atomic E-state index is 12.8. The summed E-state index contributed by atoms with van der Waals surface area (Å²) in [6, 6.07) is 15.2. The van der Waals surface area contributed by atoms with E-state index < -0.39 is 0 Å². The molecular formula is C24H29N3O4. The summed E-state index contributed by atoms with van der Waals surface area (Å²) in [5.74, 6) is 1.32. The fraction of sp³-hybridized carbons (Fsp3) is 0.333. The third kappa shape index (κ3) is 5.78. The van der Waals surface area contributed by atoms with Gasteiger partial charge in [-0.3, -0.25) is 4.79 Å². The maximum atomic E-state index is 12.8. The first-order chi connectivity index (χ1) is 15.2. The van der Waals surface area contributed by atoms with Crippen LogP contribution in [0.25, 0.3) is 5.69 Å². The predicted octanol–water partition coefficient (Wildman–Crippen LogP) is 4.04. The molecule has 0 radical (unpaired) electrons. The van der Waals surface area contributed by atoms with E-state index in [1.807, 2.05) is 68.0 Å². The zero-order valence-electron chi connectivity index (χ0n) is 18.3. The first-order valence-electron chi connectivity index (χ1n) is 10.6. The number of aromatic nitrogens is 2. The number of ether oxygens (including phenoxy) is 3. The molecule has 3 rings (SSSR count). The summed E-state index contributed by atoms with van der Waals surface area (Å²) < 4.78 is 18.9. The van der Waals surface area contributed by atoms with Gasteiger partial charge in [0.1, 0.15) is 0 Å². The van der Waals surface area contributed by atoms with Gasteiger partial charge in [0.25, 0.3) is 5.91 Å². The molecular weight excluding hydrogens is 394 g/mol. The van der Waals surface area contributed by atoms with Crippen LogP contribution in [0.1, 0.15) is 36.8 Å². The molecule has 1 heterocycles. The summed E-state index contributed by atoms with van der Waals surface area (Å²) in [5.41, 5.74) is 2.37. The van der Waals surface area contributed by atoms with Crippen LogP contribution >= 0.6 is 0 Å². The SMILES string of the molecule is CCOc1cc(C(=O)NCCc2ccn(-c3ccccc3)n2)cc(OCC)c1OCC. The summed E-state index contributed by atoms with van der Waals surface area (Å²) in [4.78, 5) is 12.8. The molecule has 164 valence electrons. The topological polar surface area (TPSA) is 74.6 Å². The molecule has 31 heavy (non-hydrogen) atoms. The van der Waals surface area contributed by atoms with Crippen LogP contribution in [0, 0.1) is 0 Å². The Kier molecular flexibility index (Phi) is 7.92. The first kappa shape index (κ1) is 22.2. The van der Waals surface area contributed by atoms with E-state index in [1.165, 1.54) is 0 Å². The minimum absolute atomic E-state index is 0.201. The van der Waals surface area contributed by atoms with Crippen LogP contribution in [0.4, 0.5) is 0 Å². The van der Waals surface area contributed by atoms with Gasteiger partial charge in [-0.25, -0.2) is 4.68 Å². The van der Waals surface area contributed by atoms with Crippen molar-refractivity contribution < 1.29 is 19.0 Å². The number of hydrogen-bond acceptors (Lipinski definition) is 5. The summed E-state index contributed by atoms with van der Waals surface area (Å²) in [7, 11) is 0. The Bertz CT molecular complexity index is 958. The lowest BCUT2D eigenvalue weighted by molar-refractivity contribution is 0.0953. The Labute approximate surface area is 182 Å². The summed E-state index contributed by atoms with van der Waals surface area (Å²) >= 11 is 0. The Morgan fingerprint density at radius 2 is 1.58 bits per heavy atom. The summed E-state index contributed by atoms with van der Waals surface area (Å²) in [6.45, 7) is 7.52. The molecule has 0 aliphatic rings. The molecule has 1 aromatic heterocycles. The number of amides is 1. The number of benzene rings is 2. The van der Waals surface area contributed by atoms with Crippen molar-refractivity contribution in [2.24, 2.45) is 0 Å². The molecule has 2 aromatic carbocycles. The highest BCUT2D eigenvalue weighted by Crippen LogP contribution is 2.39. The second-order valence-corrected chi connectivity index (χ2v) is 6.69. The Balaban J connectivity index is 1.66. The Morgan fingerprint density at radius 3 is 2.19 bits per heavy atom. The smallest absolute Gasteiger partial charge is 0.251 e. The van der Waals surface area contributed by atoms with Crippen LogP contribution in [0.15, 0.2) is 54.7 Å². The number of para-hydroxylation sites is 1. The van der Waals surface area contributed by atoms with Gasteiger partial charge in [-0.05, 0) is 51.1 Å². The van der Waals surface area contributed by atoms with Gasteiger partial charge in [0.15, 0.2) is 11.5 Å². The second kappa shape index (κ2) is 11.1. The van der Waals surface area contributed by atoms with Crippen LogP contribution in [-0.2, 0) is 6.42 Å². The lowest BCUT2D eigenvalue weighted by atomic mass is 10.1. The van der Waals surface area contributed by atoms with Crippen molar-refractivity contribution in [2.75, 3.05) is 26.4 Å². The molecule has 3 aromatic rings. The highest BCUT2D eigenvalue weighted by Gasteiger charge is 2.18. The average molecular weight is 424 g/mol. The number of nitrogens with zero attached hydrogens (tertiary/aromatic N) is 2. The summed E-state index contributed by atoms with van der Waals surface area (Å²) in [5, 5.41) is 7.51. The molecule has 1 amide bonds. The molecule has 0 spiro atoms. The number of nitrogens with one attached hydrogen (secondary N) is 1. The van der Waals surface area contributed by atoms with Crippen molar-refractivity contribution in [1.82, 2.24) is 15.1 Å². The first-order valence-corrected chi connectivity index (χ1v) is 10.6. The number of carbonyl (C=O) groups is 1. The highest BCUT2D eigenvalue weighted by molar-refractivity contribution is 5.95. The molecule has 7 heteroatoms. The van der Waals surface area contributed by atoms with Gasteiger partial charge in [-0.2, -0.15) is 5.10 Å². The summed E-state index contributed by atoms with van der Waals surface area (Å²) in [6.07, 6.45) is 2.54. The molecule has 0 fully saturated rings. The van der Waals surface area contributed by atoms with Crippen LogP contribution in [0.5, 0.6) is 17.2 Å². The number of rotatable bonds is 11. The van der Waals surface area contributed by atoms with Crippen LogP contribution in [0.2, 0.25) is 0 Å². The van der Waals surface area contributed by atoms with Gasteiger partial charge >= 0.3 is 0 Å². The van der Waals surface area contributed by atoms with Crippen molar-refractivity contribution in [3.05, 3.63) is 66.0 Å². The molecule has 7 nitrogen and oxygen atoms in total. The van der Waals surface area contributed by atoms with Crippen LogP contribution in [0.3, 0.4) is 0 Å². The van der Waals surface area contributed by atoms with Crippen LogP contribution < -0.4 is 19.5 Å². The van der Waals surface area contributed by atoms with Crippen molar-refractivity contribution in [2.45, 2.75) is 27.2 Å².